The number of carbonyl (C=O) groups is 2. The highest BCUT2D eigenvalue weighted by molar-refractivity contribution is 8.00. The normalized spacial score (nSPS) is 16.4. The zero-order valence-electron chi connectivity index (χ0n) is 14.1. The molecule has 1 fully saturated rings. The van der Waals surface area contributed by atoms with Gasteiger partial charge in [-0.15, -0.1) is 11.8 Å². The van der Waals surface area contributed by atoms with Crippen molar-refractivity contribution in [2.45, 2.75) is 11.9 Å². The van der Waals surface area contributed by atoms with E-state index in [0.29, 0.717) is 5.56 Å². The number of amides is 2. The summed E-state index contributed by atoms with van der Waals surface area (Å²) in [6.07, 6.45) is 0. The van der Waals surface area contributed by atoms with Crippen molar-refractivity contribution in [3.05, 3.63) is 75.6 Å². The maximum absolute atomic E-state index is 12.9. The minimum Gasteiger partial charge on any atom is -0.350 e. The van der Waals surface area contributed by atoms with Crippen molar-refractivity contribution in [3.63, 3.8) is 0 Å². The molecule has 7 nitrogen and oxygen atoms in total. The van der Waals surface area contributed by atoms with Crippen molar-refractivity contribution in [1.82, 2.24) is 10.2 Å². The molecule has 2 aromatic carbocycles. The molecule has 2 amide bonds. The van der Waals surface area contributed by atoms with E-state index in [1.165, 1.54) is 40.9 Å². The molecule has 0 unspecified atom stereocenters. The largest absolute Gasteiger partial charge is 0.350 e. The van der Waals surface area contributed by atoms with Crippen molar-refractivity contribution in [2.75, 3.05) is 12.3 Å². The van der Waals surface area contributed by atoms with Crippen LogP contribution in [0.15, 0.2) is 48.5 Å². The number of nitrogens with one attached hydrogen (secondary N) is 1. The zero-order chi connectivity index (χ0) is 19.4. The lowest BCUT2D eigenvalue weighted by Gasteiger charge is -2.23. The average molecular weight is 389 g/mol. The number of thioether (sulfide) groups is 1. The van der Waals surface area contributed by atoms with E-state index in [1.54, 1.807) is 24.3 Å². The first-order valence-corrected chi connectivity index (χ1v) is 9.15. The number of halogens is 1. The number of carbonyl (C=O) groups excluding carboxylic acids is 2. The molecule has 1 N–H and O–H groups in total. The molecule has 0 saturated carbocycles. The predicted molar refractivity (Wildman–Crippen MR) is 98.3 cm³/mol. The molecule has 1 heterocycles. The Morgan fingerprint density at radius 1 is 1.30 bits per heavy atom. The Morgan fingerprint density at radius 2 is 2.04 bits per heavy atom. The van der Waals surface area contributed by atoms with E-state index in [4.69, 9.17) is 0 Å². The maximum atomic E-state index is 12.9. The van der Waals surface area contributed by atoms with Gasteiger partial charge in [0.05, 0.1) is 10.7 Å². The molecule has 0 aromatic heterocycles. The number of nitro groups is 1. The van der Waals surface area contributed by atoms with E-state index in [0.717, 1.165) is 5.56 Å². The molecule has 2 aromatic rings. The van der Waals surface area contributed by atoms with Gasteiger partial charge < -0.3 is 10.2 Å². The summed E-state index contributed by atoms with van der Waals surface area (Å²) in [5, 5.41) is 13.2. The van der Waals surface area contributed by atoms with Gasteiger partial charge in [-0.2, -0.15) is 0 Å². The predicted octanol–water partition coefficient (Wildman–Crippen LogP) is 2.62. The first-order valence-electron chi connectivity index (χ1n) is 8.10. The summed E-state index contributed by atoms with van der Waals surface area (Å²) in [5.41, 5.74) is 1.28. The minimum absolute atomic E-state index is 0.0619. The van der Waals surface area contributed by atoms with Crippen LogP contribution < -0.4 is 5.32 Å². The Morgan fingerprint density at radius 3 is 2.74 bits per heavy atom. The van der Waals surface area contributed by atoms with Crippen molar-refractivity contribution < 1.29 is 18.9 Å². The monoisotopic (exact) mass is 389 g/mol. The molecule has 1 aliphatic rings. The van der Waals surface area contributed by atoms with Crippen molar-refractivity contribution >= 4 is 29.3 Å². The second kappa shape index (κ2) is 8.17. The van der Waals surface area contributed by atoms with E-state index in [2.05, 4.69) is 5.32 Å². The van der Waals surface area contributed by atoms with Crippen LogP contribution in [-0.2, 0) is 16.1 Å². The van der Waals surface area contributed by atoms with Gasteiger partial charge in [0.25, 0.3) is 5.69 Å². The van der Waals surface area contributed by atoms with Gasteiger partial charge in [-0.3, -0.25) is 19.7 Å². The summed E-state index contributed by atoms with van der Waals surface area (Å²) in [5.74, 6) is -0.706. The van der Waals surface area contributed by atoms with Gasteiger partial charge in [0.15, 0.2) is 0 Å². The molecule has 140 valence electrons. The lowest BCUT2D eigenvalue weighted by Crippen LogP contribution is -2.39. The summed E-state index contributed by atoms with van der Waals surface area (Å²) in [6, 6.07) is 11.8. The van der Waals surface area contributed by atoms with Gasteiger partial charge in [-0.25, -0.2) is 4.39 Å². The molecule has 0 bridgehead atoms. The SMILES string of the molecule is O=C(CN1C(=O)CS[C@H]1c1cccc([N+](=O)[O-])c1)NCc1ccc(F)cc1. The standard InChI is InChI=1S/C18H16FN3O4S/c19-14-6-4-12(5-7-14)9-20-16(23)10-21-17(24)11-27-18(21)13-2-1-3-15(8-13)22(25)26/h1-8,18H,9-11H2,(H,20,23)/t18-/m0/s1. The van der Waals surface area contributed by atoms with Crippen LogP contribution in [0.2, 0.25) is 0 Å². The van der Waals surface area contributed by atoms with Gasteiger partial charge in [0, 0.05) is 18.7 Å². The third kappa shape index (κ3) is 4.62. The molecule has 1 saturated heterocycles. The zero-order valence-corrected chi connectivity index (χ0v) is 14.9. The van der Waals surface area contributed by atoms with E-state index in [-0.39, 0.29) is 42.2 Å². The van der Waals surface area contributed by atoms with Gasteiger partial charge in [0.1, 0.15) is 17.7 Å². The van der Waals surface area contributed by atoms with Crippen molar-refractivity contribution in [3.8, 4) is 0 Å². The Balaban J connectivity index is 1.65. The number of nitrogens with zero attached hydrogens (tertiary/aromatic N) is 2. The van der Waals surface area contributed by atoms with Gasteiger partial charge in [0.2, 0.25) is 11.8 Å². The molecular formula is C18H16FN3O4S. The number of hydrogen-bond acceptors (Lipinski definition) is 5. The van der Waals surface area contributed by atoms with Gasteiger partial charge >= 0.3 is 0 Å². The fourth-order valence-electron chi connectivity index (χ4n) is 2.71. The Labute approximate surface area is 158 Å². The van der Waals surface area contributed by atoms with Crippen LogP contribution in [0, 0.1) is 15.9 Å². The van der Waals surface area contributed by atoms with Gasteiger partial charge in [-0.1, -0.05) is 24.3 Å². The van der Waals surface area contributed by atoms with Crippen molar-refractivity contribution in [1.29, 1.82) is 0 Å². The van der Waals surface area contributed by atoms with Crippen LogP contribution in [0.25, 0.3) is 0 Å². The first kappa shape index (κ1) is 18.8. The van der Waals surface area contributed by atoms with E-state index in [1.807, 2.05) is 0 Å². The lowest BCUT2D eigenvalue weighted by molar-refractivity contribution is -0.384. The highest BCUT2D eigenvalue weighted by Gasteiger charge is 2.34. The third-order valence-electron chi connectivity index (χ3n) is 4.05. The highest BCUT2D eigenvalue weighted by Crippen LogP contribution is 2.39. The van der Waals surface area contributed by atoms with E-state index < -0.39 is 10.3 Å². The van der Waals surface area contributed by atoms with E-state index in [9.17, 15) is 24.1 Å². The molecule has 1 atom stereocenters. The summed E-state index contributed by atoms with van der Waals surface area (Å²) in [6.45, 7) is 0.0656. The quantitative estimate of drug-likeness (QED) is 0.606. The topological polar surface area (TPSA) is 92.5 Å². The van der Waals surface area contributed by atoms with Crippen LogP contribution in [0.5, 0.6) is 0 Å². The summed E-state index contributed by atoms with van der Waals surface area (Å²) < 4.78 is 12.9. The number of non-ortho nitro benzene ring substituents is 1. The Kier molecular flexibility index (Phi) is 5.70. The highest BCUT2D eigenvalue weighted by atomic mass is 32.2. The Bertz CT molecular complexity index is 875. The third-order valence-corrected chi connectivity index (χ3v) is 5.31. The Hall–Kier alpha value is -2.94. The molecule has 1 aliphatic heterocycles. The average Bonchev–Trinajstić information content (AvgIpc) is 3.02. The fourth-order valence-corrected chi connectivity index (χ4v) is 3.88. The van der Waals surface area contributed by atoms with Gasteiger partial charge in [-0.05, 0) is 23.3 Å². The molecule has 0 radical (unpaired) electrons. The molecular weight excluding hydrogens is 373 g/mol. The molecule has 0 spiro atoms. The number of benzene rings is 2. The van der Waals surface area contributed by atoms with Crippen LogP contribution >= 0.6 is 11.8 Å². The van der Waals surface area contributed by atoms with Crippen LogP contribution in [0.1, 0.15) is 16.5 Å². The maximum Gasteiger partial charge on any atom is 0.269 e. The smallest absolute Gasteiger partial charge is 0.269 e. The van der Waals surface area contributed by atoms with Crippen LogP contribution in [0.4, 0.5) is 10.1 Å². The second-order valence-electron chi connectivity index (χ2n) is 5.94. The number of hydrogen-bond donors (Lipinski definition) is 1. The molecule has 27 heavy (non-hydrogen) atoms. The van der Waals surface area contributed by atoms with Crippen LogP contribution in [0.3, 0.4) is 0 Å². The molecule has 0 aliphatic carbocycles. The van der Waals surface area contributed by atoms with E-state index >= 15 is 0 Å². The first-order chi connectivity index (χ1) is 12.9. The fraction of sp³-hybridized carbons (Fsp3) is 0.222. The molecule has 9 heteroatoms. The summed E-state index contributed by atoms with van der Waals surface area (Å²) >= 11 is 1.32. The second-order valence-corrected chi connectivity index (χ2v) is 7.01. The lowest BCUT2D eigenvalue weighted by atomic mass is 10.2. The summed E-state index contributed by atoms with van der Waals surface area (Å²) in [4.78, 5) is 36.3. The summed E-state index contributed by atoms with van der Waals surface area (Å²) in [7, 11) is 0. The van der Waals surface area contributed by atoms with Crippen molar-refractivity contribution in [2.24, 2.45) is 0 Å². The number of rotatable bonds is 6. The minimum atomic E-state index is -0.495. The number of nitro benzene ring substituents is 1. The van der Waals surface area contributed by atoms with Crippen LogP contribution in [-0.4, -0.2) is 33.9 Å². The molecule has 3 rings (SSSR count).